The number of nitrogens with two attached hydrogens (primary N) is 2. The molecule has 1 fully saturated rings. The molecule has 0 amide bonds. The maximum atomic E-state index is 12.7. The summed E-state index contributed by atoms with van der Waals surface area (Å²) >= 11 is 0. The van der Waals surface area contributed by atoms with Gasteiger partial charge in [0.05, 0.1) is 13.2 Å². The Bertz CT molecular complexity index is 494. The molecule has 6 heteroatoms. The zero-order valence-corrected chi connectivity index (χ0v) is 17.2. The molecule has 0 bridgehead atoms. The average molecular weight is 371 g/mol. The molecule has 0 heterocycles. The lowest BCUT2D eigenvalue weighted by Gasteiger charge is -2.51. The minimum Gasteiger partial charge on any atom is -0.465 e. The van der Waals surface area contributed by atoms with Gasteiger partial charge < -0.3 is 20.9 Å². The predicted molar refractivity (Wildman–Crippen MR) is 102 cm³/mol. The Morgan fingerprint density at radius 2 is 1.50 bits per heavy atom. The molecule has 0 saturated heterocycles. The van der Waals surface area contributed by atoms with Crippen molar-refractivity contribution in [2.75, 3.05) is 13.2 Å². The van der Waals surface area contributed by atoms with E-state index in [4.69, 9.17) is 20.9 Å². The van der Waals surface area contributed by atoms with Gasteiger partial charge in [-0.25, -0.2) is 0 Å². The number of ether oxygens (including phenoxy) is 2. The Hall–Kier alpha value is -1.14. The number of unbranched alkanes of at least 4 members (excludes halogenated alkanes) is 2. The molecule has 26 heavy (non-hydrogen) atoms. The van der Waals surface area contributed by atoms with E-state index in [1.807, 2.05) is 20.8 Å². The van der Waals surface area contributed by atoms with Crippen molar-refractivity contribution in [2.24, 2.45) is 22.3 Å². The van der Waals surface area contributed by atoms with E-state index >= 15 is 0 Å². The fraction of sp³-hybridized carbons (Fsp3) is 0.900. The van der Waals surface area contributed by atoms with Crippen molar-refractivity contribution in [3.63, 3.8) is 0 Å². The first-order chi connectivity index (χ1) is 12.0. The molecule has 0 spiro atoms. The molecule has 0 aromatic carbocycles. The standard InChI is InChI=1S/C20H38N2O4/c1-6-8-10-25-16(23)15(21)19(5)12-18(3,4)13-20(22,14-19)17(24)26-11-9-7-2/h15H,6-14,21-22H2,1-5H3. The summed E-state index contributed by atoms with van der Waals surface area (Å²) in [6, 6.07) is -0.815. The topological polar surface area (TPSA) is 105 Å². The molecule has 1 saturated carbocycles. The van der Waals surface area contributed by atoms with Crippen LogP contribution in [0.4, 0.5) is 0 Å². The zero-order valence-electron chi connectivity index (χ0n) is 17.2. The Labute approximate surface area is 158 Å². The lowest BCUT2D eigenvalue weighted by molar-refractivity contribution is -0.161. The van der Waals surface area contributed by atoms with Crippen LogP contribution in [0.1, 0.15) is 79.6 Å². The Morgan fingerprint density at radius 3 is 2.04 bits per heavy atom. The molecular formula is C20H38N2O4. The van der Waals surface area contributed by atoms with Gasteiger partial charge in [-0.3, -0.25) is 9.59 Å². The van der Waals surface area contributed by atoms with Crippen LogP contribution in [0.15, 0.2) is 0 Å². The molecule has 0 aliphatic heterocycles. The summed E-state index contributed by atoms with van der Waals surface area (Å²) in [6.07, 6.45) is 5.05. The first-order valence-electron chi connectivity index (χ1n) is 9.88. The first kappa shape index (κ1) is 22.9. The minimum atomic E-state index is -1.13. The highest BCUT2D eigenvalue weighted by atomic mass is 16.5. The predicted octanol–water partition coefficient (Wildman–Crippen LogP) is 2.91. The van der Waals surface area contributed by atoms with E-state index < -0.39 is 28.9 Å². The number of hydrogen-bond donors (Lipinski definition) is 2. The molecule has 0 aromatic heterocycles. The lowest BCUT2D eigenvalue weighted by Crippen LogP contribution is -2.63. The Balaban J connectivity index is 2.93. The van der Waals surface area contributed by atoms with Crippen molar-refractivity contribution in [1.82, 2.24) is 0 Å². The normalized spacial score (nSPS) is 29.0. The number of esters is 2. The highest BCUT2D eigenvalue weighted by Gasteiger charge is 2.55. The van der Waals surface area contributed by atoms with Crippen molar-refractivity contribution in [3.8, 4) is 0 Å². The summed E-state index contributed by atoms with van der Waals surface area (Å²) in [7, 11) is 0. The molecule has 6 nitrogen and oxygen atoms in total. The van der Waals surface area contributed by atoms with Crippen LogP contribution >= 0.6 is 0 Å². The number of hydrogen-bond acceptors (Lipinski definition) is 6. The Kier molecular flexibility index (Phi) is 8.08. The summed E-state index contributed by atoms with van der Waals surface area (Å²) in [6.45, 7) is 10.9. The van der Waals surface area contributed by atoms with Crippen molar-refractivity contribution in [2.45, 2.75) is 91.1 Å². The summed E-state index contributed by atoms with van der Waals surface area (Å²) in [5.74, 6) is -0.808. The zero-order chi connectivity index (χ0) is 20.0. The third-order valence-electron chi connectivity index (χ3n) is 5.28. The fourth-order valence-corrected chi connectivity index (χ4v) is 4.36. The van der Waals surface area contributed by atoms with Crippen LogP contribution in [0.5, 0.6) is 0 Å². The van der Waals surface area contributed by atoms with Crippen LogP contribution in [-0.2, 0) is 19.1 Å². The summed E-state index contributed by atoms with van der Waals surface area (Å²) < 4.78 is 10.7. The van der Waals surface area contributed by atoms with E-state index in [0.717, 1.165) is 25.7 Å². The fourth-order valence-electron chi connectivity index (χ4n) is 4.36. The third kappa shape index (κ3) is 5.95. The highest BCUT2D eigenvalue weighted by Crippen LogP contribution is 2.51. The third-order valence-corrected chi connectivity index (χ3v) is 5.28. The van der Waals surface area contributed by atoms with Gasteiger partial charge >= 0.3 is 11.9 Å². The van der Waals surface area contributed by atoms with E-state index in [1.165, 1.54) is 0 Å². The second kappa shape index (κ2) is 9.18. The molecule has 3 unspecified atom stereocenters. The molecule has 4 N–H and O–H groups in total. The van der Waals surface area contributed by atoms with E-state index in [0.29, 0.717) is 32.5 Å². The van der Waals surface area contributed by atoms with Gasteiger partial charge in [-0.2, -0.15) is 0 Å². The van der Waals surface area contributed by atoms with Gasteiger partial charge in [0.1, 0.15) is 11.6 Å². The quantitative estimate of drug-likeness (QED) is 0.477. The minimum absolute atomic E-state index is 0.229. The van der Waals surface area contributed by atoms with E-state index in [1.54, 1.807) is 0 Å². The van der Waals surface area contributed by atoms with Gasteiger partial charge in [0.2, 0.25) is 0 Å². The lowest BCUT2D eigenvalue weighted by atomic mass is 9.55. The van der Waals surface area contributed by atoms with Crippen LogP contribution < -0.4 is 11.5 Å². The smallest absolute Gasteiger partial charge is 0.326 e. The van der Waals surface area contributed by atoms with E-state index in [2.05, 4.69) is 13.8 Å². The molecule has 0 radical (unpaired) electrons. The van der Waals surface area contributed by atoms with Crippen molar-refractivity contribution < 1.29 is 19.1 Å². The van der Waals surface area contributed by atoms with Crippen LogP contribution in [0.25, 0.3) is 0 Å². The van der Waals surface area contributed by atoms with Crippen molar-refractivity contribution in [3.05, 3.63) is 0 Å². The largest absolute Gasteiger partial charge is 0.465 e. The first-order valence-corrected chi connectivity index (χ1v) is 9.88. The van der Waals surface area contributed by atoms with Gasteiger partial charge in [-0.05, 0) is 42.9 Å². The van der Waals surface area contributed by atoms with Gasteiger partial charge in [0.15, 0.2) is 0 Å². The van der Waals surface area contributed by atoms with Crippen LogP contribution in [0, 0.1) is 10.8 Å². The summed E-state index contributed by atoms with van der Waals surface area (Å²) in [5.41, 5.74) is 10.8. The number of carbonyl (C=O) groups is 2. The van der Waals surface area contributed by atoms with Crippen molar-refractivity contribution >= 4 is 11.9 Å². The van der Waals surface area contributed by atoms with Crippen LogP contribution in [0.2, 0.25) is 0 Å². The molecule has 0 aromatic rings. The molecular weight excluding hydrogens is 332 g/mol. The molecule has 152 valence electrons. The highest BCUT2D eigenvalue weighted by molar-refractivity contribution is 5.82. The molecule has 1 rings (SSSR count). The Morgan fingerprint density at radius 1 is 0.962 bits per heavy atom. The second-order valence-corrected chi connectivity index (χ2v) is 8.99. The van der Waals surface area contributed by atoms with Gasteiger partial charge in [0, 0.05) is 0 Å². The van der Waals surface area contributed by atoms with Crippen LogP contribution in [0.3, 0.4) is 0 Å². The molecule has 3 atom stereocenters. The van der Waals surface area contributed by atoms with Crippen LogP contribution in [-0.4, -0.2) is 36.7 Å². The maximum Gasteiger partial charge on any atom is 0.326 e. The number of carbonyl (C=O) groups excluding carboxylic acids is 2. The van der Waals surface area contributed by atoms with Crippen molar-refractivity contribution in [1.29, 1.82) is 0 Å². The van der Waals surface area contributed by atoms with E-state index in [9.17, 15) is 9.59 Å². The van der Waals surface area contributed by atoms with E-state index in [-0.39, 0.29) is 5.41 Å². The second-order valence-electron chi connectivity index (χ2n) is 8.99. The van der Waals surface area contributed by atoms with Gasteiger partial charge in [-0.15, -0.1) is 0 Å². The molecule has 1 aliphatic rings. The maximum absolute atomic E-state index is 12.7. The SMILES string of the molecule is CCCCOC(=O)C(N)C1(C)CC(C)(C)CC(N)(C(=O)OCCCC)C1. The van der Waals surface area contributed by atoms with Gasteiger partial charge in [-0.1, -0.05) is 47.5 Å². The average Bonchev–Trinajstić information content (AvgIpc) is 2.52. The monoisotopic (exact) mass is 370 g/mol. The summed E-state index contributed by atoms with van der Waals surface area (Å²) in [4.78, 5) is 25.1. The summed E-state index contributed by atoms with van der Waals surface area (Å²) in [5, 5.41) is 0. The molecule has 1 aliphatic carbocycles. The number of rotatable bonds is 9. The van der Waals surface area contributed by atoms with Gasteiger partial charge in [0.25, 0.3) is 0 Å².